The van der Waals surface area contributed by atoms with Crippen molar-refractivity contribution < 1.29 is 14.9 Å². The third-order valence-electron chi connectivity index (χ3n) is 4.37. The first-order valence-electron chi connectivity index (χ1n) is 8.35. The van der Waals surface area contributed by atoms with Gasteiger partial charge in [0.2, 0.25) is 0 Å². The minimum Gasteiger partial charge on any atom is -0.393 e. The lowest BCUT2D eigenvalue weighted by atomic mass is 9.85. The van der Waals surface area contributed by atoms with Gasteiger partial charge in [-0.15, -0.1) is 0 Å². The lowest BCUT2D eigenvalue weighted by Gasteiger charge is -2.31. The van der Waals surface area contributed by atoms with Crippen molar-refractivity contribution in [1.82, 2.24) is 5.32 Å². The van der Waals surface area contributed by atoms with Crippen LogP contribution in [0.25, 0.3) is 0 Å². The molecule has 4 nitrogen and oxygen atoms in total. The van der Waals surface area contributed by atoms with Gasteiger partial charge in [-0.25, -0.2) is 0 Å². The molecule has 20 heavy (non-hydrogen) atoms. The summed E-state index contributed by atoms with van der Waals surface area (Å²) in [6.07, 6.45) is 7.34. The van der Waals surface area contributed by atoms with Crippen LogP contribution in [0.1, 0.15) is 58.8 Å². The molecule has 3 N–H and O–H groups in total. The maximum Gasteiger partial charge on any atom is 0.0897 e. The molecule has 0 radical (unpaired) electrons. The quantitative estimate of drug-likeness (QED) is 0.538. The monoisotopic (exact) mass is 287 g/mol. The lowest BCUT2D eigenvalue weighted by molar-refractivity contribution is -0.0499. The molecule has 4 unspecified atom stereocenters. The van der Waals surface area contributed by atoms with Gasteiger partial charge in [0.25, 0.3) is 0 Å². The molecule has 4 heteroatoms. The van der Waals surface area contributed by atoms with E-state index in [4.69, 9.17) is 4.74 Å². The van der Waals surface area contributed by atoms with Crippen LogP contribution in [0.2, 0.25) is 0 Å². The molecule has 4 atom stereocenters. The molecule has 0 spiro atoms. The summed E-state index contributed by atoms with van der Waals surface area (Å²) in [6.45, 7) is 5.91. The fraction of sp³-hybridized carbons (Fsp3) is 1.00. The lowest BCUT2D eigenvalue weighted by Crippen LogP contribution is -2.35. The van der Waals surface area contributed by atoms with Crippen molar-refractivity contribution in [3.05, 3.63) is 0 Å². The summed E-state index contributed by atoms with van der Waals surface area (Å²) in [5.41, 5.74) is 0. The van der Waals surface area contributed by atoms with E-state index in [-0.39, 0.29) is 6.10 Å². The topological polar surface area (TPSA) is 61.7 Å². The van der Waals surface area contributed by atoms with Crippen LogP contribution in [0.4, 0.5) is 0 Å². The number of aliphatic hydroxyl groups is 2. The third-order valence-corrected chi connectivity index (χ3v) is 4.37. The average Bonchev–Trinajstić information content (AvgIpc) is 2.49. The van der Waals surface area contributed by atoms with E-state index in [1.807, 2.05) is 6.92 Å². The smallest absolute Gasteiger partial charge is 0.0897 e. The van der Waals surface area contributed by atoms with Gasteiger partial charge in [0.15, 0.2) is 0 Å². The Bertz CT molecular complexity index is 238. The molecular weight excluding hydrogens is 254 g/mol. The van der Waals surface area contributed by atoms with E-state index < -0.39 is 6.10 Å². The zero-order valence-electron chi connectivity index (χ0n) is 13.2. The molecule has 1 fully saturated rings. The van der Waals surface area contributed by atoms with E-state index in [1.165, 1.54) is 25.7 Å². The molecule has 120 valence electrons. The number of aliphatic hydroxyl groups excluding tert-OH is 2. The summed E-state index contributed by atoms with van der Waals surface area (Å²) in [5.74, 6) is 0.670. The molecule has 0 aliphatic heterocycles. The number of nitrogens with one attached hydrogen (secondary N) is 1. The Labute approximate surface area is 123 Å². The predicted octanol–water partition coefficient (Wildman–Crippen LogP) is 2.08. The minimum absolute atomic E-state index is 0.233. The SMILES string of the molecule is CCC(O)CCNCC(O)COC1CCCCC1CC. The number of rotatable bonds is 10. The summed E-state index contributed by atoms with van der Waals surface area (Å²) in [7, 11) is 0. The highest BCUT2D eigenvalue weighted by molar-refractivity contribution is 4.75. The summed E-state index contributed by atoms with van der Waals surface area (Å²) in [4.78, 5) is 0. The van der Waals surface area contributed by atoms with Gasteiger partial charge >= 0.3 is 0 Å². The van der Waals surface area contributed by atoms with Gasteiger partial charge in [-0.1, -0.05) is 33.1 Å². The highest BCUT2D eigenvalue weighted by atomic mass is 16.5. The second kappa shape index (κ2) is 10.6. The zero-order chi connectivity index (χ0) is 14.8. The average molecular weight is 287 g/mol. The van der Waals surface area contributed by atoms with Crippen LogP contribution in [0.15, 0.2) is 0 Å². The Morgan fingerprint density at radius 2 is 1.90 bits per heavy atom. The molecule has 0 heterocycles. The van der Waals surface area contributed by atoms with Crippen LogP contribution in [-0.4, -0.2) is 48.2 Å². The largest absolute Gasteiger partial charge is 0.393 e. The fourth-order valence-corrected chi connectivity index (χ4v) is 2.90. The maximum absolute atomic E-state index is 9.91. The van der Waals surface area contributed by atoms with Crippen LogP contribution in [0.3, 0.4) is 0 Å². The van der Waals surface area contributed by atoms with Gasteiger partial charge < -0.3 is 20.3 Å². The van der Waals surface area contributed by atoms with Crippen LogP contribution >= 0.6 is 0 Å². The first-order chi connectivity index (χ1) is 9.67. The molecule has 0 aromatic rings. The van der Waals surface area contributed by atoms with Crippen molar-refractivity contribution in [3.63, 3.8) is 0 Å². The first-order valence-corrected chi connectivity index (χ1v) is 8.35. The van der Waals surface area contributed by atoms with Crippen molar-refractivity contribution >= 4 is 0 Å². The standard InChI is InChI=1S/C16H33NO3/c1-3-13-7-5-6-8-16(13)20-12-15(19)11-17-10-9-14(18)4-2/h13-19H,3-12H2,1-2H3. The van der Waals surface area contributed by atoms with Crippen LogP contribution in [-0.2, 0) is 4.74 Å². The fourth-order valence-electron chi connectivity index (χ4n) is 2.90. The van der Waals surface area contributed by atoms with E-state index in [1.54, 1.807) is 0 Å². The van der Waals surface area contributed by atoms with Crippen LogP contribution in [0, 0.1) is 5.92 Å². The van der Waals surface area contributed by atoms with Crippen molar-refractivity contribution in [3.8, 4) is 0 Å². The normalized spacial score (nSPS) is 26.4. The Morgan fingerprint density at radius 3 is 2.60 bits per heavy atom. The van der Waals surface area contributed by atoms with Crippen molar-refractivity contribution in [2.45, 2.75) is 77.1 Å². The first kappa shape index (κ1) is 17.9. The molecule has 0 amide bonds. The molecular formula is C16H33NO3. The van der Waals surface area contributed by atoms with Gasteiger partial charge in [-0.2, -0.15) is 0 Å². The molecule has 1 aliphatic rings. The minimum atomic E-state index is -0.451. The Kier molecular flexibility index (Phi) is 9.44. The molecule has 0 saturated heterocycles. The number of hydrogen-bond acceptors (Lipinski definition) is 4. The molecule has 0 aromatic heterocycles. The number of ether oxygens (including phenoxy) is 1. The Balaban J connectivity index is 2.08. The van der Waals surface area contributed by atoms with E-state index in [9.17, 15) is 10.2 Å². The Hall–Kier alpha value is -0.160. The van der Waals surface area contributed by atoms with E-state index >= 15 is 0 Å². The second-order valence-corrected chi connectivity index (χ2v) is 6.03. The summed E-state index contributed by atoms with van der Waals surface area (Å²) >= 11 is 0. The summed E-state index contributed by atoms with van der Waals surface area (Å²) in [6, 6.07) is 0. The van der Waals surface area contributed by atoms with Gasteiger partial charge in [0, 0.05) is 6.54 Å². The van der Waals surface area contributed by atoms with Crippen LogP contribution < -0.4 is 5.32 Å². The molecule has 1 saturated carbocycles. The van der Waals surface area contributed by atoms with E-state index in [2.05, 4.69) is 12.2 Å². The van der Waals surface area contributed by atoms with E-state index in [0.717, 1.165) is 25.8 Å². The number of hydrogen-bond donors (Lipinski definition) is 3. The van der Waals surface area contributed by atoms with Crippen LogP contribution in [0.5, 0.6) is 0 Å². The summed E-state index contributed by atoms with van der Waals surface area (Å²) < 4.78 is 5.91. The highest BCUT2D eigenvalue weighted by Crippen LogP contribution is 2.29. The Morgan fingerprint density at radius 1 is 1.15 bits per heavy atom. The van der Waals surface area contributed by atoms with Gasteiger partial charge in [-0.05, 0) is 38.1 Å². The van der Waals surface area contributed by atoms with Gasteiger partial charge in [0.1, 0.15) is 0 Å². The van der Waals surface area contributed by atoms with Crippen molar-refractivity contribution in [2.75, 3.05) is 19.7 Å². The molecule has 1 aliphatic carbocycles. The van der Waals surface area contributed by atoms with Crippen molar-refractivity contribution in [2.24, 2.45) is 5.92 Å². The third kappa shape index (κ3) is 7.02. The molecule has 0 aromatic carbocycles. The second-order valence-electron chi connectivity index (χ2n) is 6.03. The molecule has 1 rings (SSSR count). The maximum atomic E-state index is 9.91. The highest BCUT2D eigenvalue weighted by Gasteiger charge is 2.24. The molecule has 0 bridgehead atoms. The van der Waals surface area contributed by atoms with Gasteiger partial charge in [-0.3, -0.25) is 0 Å². The van der Waals surface area contributed by atoms with Crippen molar-refractivity contribution in [1.29, 1.82) is 0 Å². The zero-order valence-corrected chi connectivity index (χ0v) is 13.2. The van der Waals surface area contributed by atoms with Gasteiger partial charge in [0.05, 0.1) is 24.9 Å². The predicted molar refractivity (Wildman–Crippen MR) is 81.8 cm³/mol. The summed E-state index contributed by atoms with van der Waals surface area (Å²) in [5, 5.41) is 22.5. The van der Waals surface area contributed by atoms with E-state index in [0.29, 0.717) is 25.2 Å².